The minimum Gasteiger partial charge on any atom is -0.392 e. The Labute approximate surface area is 90.0 Å². The van der Waals surface area contributed by atoms with E-state index in [1.54, 1.807) is 19.2 Å². The standard InChI is InChI=1S/C10H18N4O/c1-3-5-11-10-12-6-4-9(14-10)13-7-8(2)15/h4,6,8,15H,3,5,7H2,1-2H3,(H2,11,12,13,14). The summed E-state index contributed by atoms with van der Waals surface area (Å²) in [6.07, 6.45) is 2.34. The summed E-state index contributed by atoms with van der Waals surface area (Å²) in [6.45, 7) is 5.16. The van der Waals surface area contributed by atoms with Gasteiger partial charge in [-0.3, -0.25) is 0 Å². The van der Waals surface area contributed by atoms with Crippen LogP contribution in [0.3, 0.4) is 0 Å². The Hall–Kier alpha value is -1.36. The zero-order valence-electron chi connectivity index (χ0n) is 9.20. The van der Waals surface area contributed by atoms with Crippen LogP contribution in [0.15, 0.2) is 12.3 Å². The highest BCUT2D eigenvalue weighted by atomic mass is 16.3. The Balaban J connectivity index is 2.50. The van der Waals surface area contributed by atoms with E-state index in [4.69, 9.17) is 5.11 Å². The summed E-state index contributed by atoms with van der Waals surface area (Å²) in [6, 6.07) is 1.78. The van der Waals surface area contributed by atoms with Crippen molar-refractivity contribution in [1.82, 2.24) is 9.97 Å². The van der Waals surface area contributed by atoms with Gasteiger partial charge in [-0.25, -0.2) is 4.98 Å². The Morgan fingerprint density at radius 3 is 2.93 bits per heavy atom. The Morgan fingerprint density at radius 1 is 1.47 bits per heavy atom. The third kappa shape index (κ3) is 4.60. The lowest BCUT2D eigenvalue weighted by molar-refractivity contribution is 0.208. The molecule has 0 aliphatic carbocycles. The van der Waals surface area contributed by atoms with Crippen molar-refractivity contribution in [2.45, 2.75) is 26.4 Å². The molecule has 1 atom stereocenters. The smallest absolute Gasteiger partial charge is 0.224 e. The second-order valence-corrected chi connectivity index (χ2v) is 3.42. The molecule has 1 unspecified atom stereocenters. The van der Waals surface area contributed by atoms with Crippen LogP contribution in [0.4, 0.5) is 11.8 Å². The van der Waals surface area contributed by atoms with Gasteiger partial charge in [-0.05, 0) is 19.4 Å². The molecule has 5 heteroatoms. The third-order valence-electron chi connectivity index (χ3n) is 1.77. The molecule has 0 saturated carbocycles. The van der Waals surface area contributed by atoms with E-state index in [-0.39, 0.29) is 6.10 Å². The van der Waals surface area contributed by atoms with Gasteiger partial charge in [0.25, 0.3) is 0 Å². The van der Waals surface area contributed by atoms with E-state index in [9.17, 15) is 0 Å². The number of hydrogen-bond donors (Lipinski definition) is 3. The maximum Gasteiger partial charge on any atom is 0.224 e. The van der Waals surface area contributed by atoms with Gasteiger partial charge in [0.05, 0.1) is 6.10 Å². The quantitative estimate of drug-likeness (QED) is 0.655. The van der Waals surface area contributed by atoms with E-state index in [0.29, 0.717) is 12.5 Å². The third-order valence-corrected chi connectivity index (χ3v) is 1.77. The predicted octanol–water partition coefficient (Wildman–Crippen LogP) is 1.09. The summed E-state index contributed by atoms with van der Waals surface area (Å²) in [5.74, 6) is 1.34. The number of rotatable bonds is 6. The van der Waals surface area contributed by atoms with E-state index < -0.39 is 0 Å². The van der Waals surface area contributed by atoms with Crippen LogP contribution >= 0.6 is 0 Å². The highest BCUT2D eigenvalue weighted by Crippen LogP contribution is 2.05. The van der Waals surface area contributed by atoms with Crippen LogP contribution in [-0.4, -0.2) is 34.3 Å². The monoisotopic (exact) mass is 210 g/mol. The zero-order valence-corrected chi connectivity index (χ0v) is 9.20. The lowest BCUT2D eigenvalue weighted by atomic mass is 10.4. The summed E-state index contributed by atoms with van der Waals surface area (Å²) in [7, 11) is 0. The van der Waals surface area contributed by atoms with Gasteiger partial charge in [0.15, 0.2) is 0 Å². The van der Waals surface area contributed by atoms with Gasteiger partial charge >= 0.3 is 0 Å². The van der Waals surface area contributed by atoms with E-state index >= 15 is 0 Å². The number of aliphatic hydroxyl groups excluding tert-OH is 1. The van der Waals surface area contributed by atoms with Gasteiger partial charge in [0.2, 0.25) is 5.95 Å². The second-order valence-electron chi connectivity index (χ2n) is 3.42. The Kier molecular flexibility index (Phi) is 4.83. The first-order chi connectivity index (χ1) is 7.22. The predicted molar refractivity (Wildman–Crippen MR) is 61.0 cm³/mol. The van der Waals surface area contributed by atoms with E-state index in [2.05, 4.69) is 27.5 Å². The van der Waals surface area contributed by atoms with E-state index in [1.807, 2.05) is 0 Å². The molecule has 1 aromatic rings. The molecule has 0 aliphatic heterocycles. The summed E-state index contributed by atoms with van der Waals surface area (Å²) in [5.41, 5.74) is 0. The second kappa shape index (κ2) is 6.19. The molecule has 0 amide bonds. The first-order valence-corrected chi connectivity index (χ1v) is 5.21. The van der Waals surface area contributed by atoms with Crippen molar-refractivity contribution >= 4 is 11.8 Å². The Morgan fingerprint density at radius 2 is 2.27 bits per heavy atom. The molecule has 15 heavy (non-hydrogen) atoms. The first kappa shape index (κ1) is 11.7. The normalized spacial score (nSPS) is 12.2. The van der Waals surface area contributed by atoms with Gasteiger partial charge in [0.1, 0.15) is 5.82 Å². The molecule has 0 aliphatic rings. The summed E-state index contributed by atoms with van der Waals surface area (Å²) in [4.78, 5) is 8.32. The molecule has 1 heterocycles. The molecule has 84 valence electrons. The fraction of sp³-hybridized carbons (Fsp3) is 0.600. The van der Waals surface area contributed by atoms with Crippen LogP contribution in [0.25, 0.3) is 0 Å². The SMILES string of the molecule is CCCNc1nccc(NCC(C)O)n1. The van der Waals surface area contributed by atoms with E-state index in [1.165, 1.54) is 0 Å². The van der Waals surface area contributed by atoms with Gasteiger partial charge in [0, 0.05) is 19.3 Å². The van der Waals surface area contributed by atoms with Gasteiger partial charge < -0.3 is 15.7 Å². The first-order valence-electron chi connectivity index (χ1n) is 5.21. The maximum absolute atomic E-state index is 9.10. The number of anilines is 2. The lowest BCUT2D eigenvalue weighted by Crippen LogP contribution is -2.16. The molecule has 0 bridgehead atoms. The van der Waals surface area contributed by atoms with Crippen molar-refractivity contribution in [2.75, 3.05) is 23.7 Å². The molecule has 0 spiro atoms. The van der Waals surface area contributed by atoms with Crippen molar-refractivity contribution < 1.29 is 5.11 Å². The van der Waals surface area contributed by atoms with Crippen LogP contribution in [0.5, 0.6) is 0 Å². The summed E-state index contributed by atoms with van der Waals surface area (Å²) in [5, 5.41) is 15.2. The fourth-order valence-corrected chi connectivity index (χ4v) is 1.03. The molecule has 0 radical (unpaired) electrons. The van der Waals surface area contributed by atoms with Crippen molar-refractivity contribution in [3.8, 4) is 0 Å². The fourth-order valence-electron chi connectivity index (χ4n) is 1.03. The molecule has 0 saturated heterocycles. The molecule has 1 rings (SSSR count). The molecular formula is C10H18N4O. The Bertz CT molecular complexity index is 291. The van der Waals surface area contributed by atoms with Crippen LogP contribution in [0.2, 0.25) is 0 Å². The number of nitrogens with one attached hydrogen (secondary N) is 2. The van der Waals surface area contributed by atoms with Gasteiger partial charge in [-0.15, -0.1) is 0 Å². The highest BCUT2D eigenvalue weighted by molar-refractivity contribution is 5.39. The topological polar surface area (TPSA) is 70.1 Å². The molecule has 5 nitrogen and oxygen atoms in total. The zero-order chi connectivity index (χ0) is 11.1. The van der Waals surface area contributed by atoms with Crippen LogP contribution < -0.4 is 10.6 Å². The van der Waals surface area contributed by atoms with Crippen molar-refractivity contribution in [3.63, 3.8) is 0 Å². The maximum atomic E-state index is 9.10. The number of nitrogens with zero attached hydrogens (tertiary/aromatic N) is 2. The van der Waals surface area contributed by atoms with Gasteiger partial charge in [-0.1, -0.05) is 6.92 Å². The van der Waals surface area contributed by atoms with Crippen molar-refractivity contribution in [2.24, 2.45) is 0 Å². The molecule has 0 aromatic carbocycles. The number of aliphatic hydroxyl groups is 1. The summed E-state index contributed by atoms with van der Waals surface area (Å²) >= 11 is 0. The minimum atomic E-state index is -0.382. The van der Waals surface area contributed by atoms with Crippen LogP contribution in [-0.2, 0) is 0 Å². The number of hydrogen-bond acceptors (Lipinski definition) is 5. The molecule has 0 fully saturated rings. The van der Waals surface area contributed by atoms with Crippen LogP contribution in [0.1, 0.15) is 20.3 Å². The van der Waals surface area contributed by atoms with Crippen LogP contribution in [0, 0.1) is 0 Å². The highest BCUT2D eigenvalue weighted by Gasteiger charge is 1.99. The minimum absolute atomic E-state index is 0.382. The largest absolute Gasteiger partial charge is 0.392 e. The van der Waals surface area contributed by atoms with Crippen molar-refractivity contribution in [1.29, 1.82) is 0 Å². The van der Waals surface area contributed by atoms with Gasteiger partial charge in [-0.2, -0.15) is 4.98 Å². The average molecular weight is 210 g/mol. The molecule has 3 N–H and O–H groups in total. The molecular weight excluding hydrogens is 192 g/mol. The number of aromatic nitrogens is 2. The lowest BCUT2D eigenvalue weighted by Gasteiger charge is -2.08. The average Bonchev–Trinajstić information content (AvgIpc) is 2.24. The van der Waals surface area contributed by atoms with E-state index in [0.717, 1.165) is 18.8 Å². The molecule has 1 aromatic heterocycles. The summed E-state index contributed by atoms with van der Waals surface area (Å²) < 4.78 is 0. The van der Waals surface area contributed by atoms with Crippen molar-refractivity contribution in [3.05, 3.63) is 12.3 Å².